The molecule has 1 aromatic carbocycles. The van der Waals surface area contributed by atoms with Gasteiger partial charge < -0.3 is 5.11 Å². The number of sulfonamides is 1. The lowest BCUT2D eigenvalue weighted by Gasteiger charge is -2.36. The van der Waals surface area contributed by atoms with Crippen LogP contribution in [0.3, 0.4) is 0 Å². The Morgan fingerprint density at radius 1 is 1.31 bits per heavy atom. The third-order valence-corrected chi connectivity index (χ3v) is 9.19. The molecule has 1 aliphatic heterocycles. The molecule has 0 aromatic heterocycles. The van der Waals surface area contributed by atoms with Gasteiger partial charge in [0.2, 0.25) is 10.0 Å². The molecule has 9 heteroatoms. The first-order chi connectivity index (χ1) is 12.0. The molecule has 140 valence electrons. The second kappa shape index (κ2) is 5.14. The lowest BCUT2D eigenvalue weighted by Crippen LogP contribution is -2.49. The summed E-state index contributed by atoms with van der Waals surface area (Å²) in [6.07, 6.45) is -4.27. The van der Waals surface area contributed by atoms with Crippen molar-refractivity contribution >= 4 is 15.7 Å². The van der Waals surface area contributed by atoms with Gasteiger partial charge in [0, 0.05) is 18.4 Å². The molecule has 5 nitrogen and oxygen atoms in total. The van der Waals surface area contributed by atoms with Crippen molar-refractivity contribution < 1.29 is 26.7 Å². The lowest BCUT2D eigenvalue weighted by molar-refractivity contribution is -0.137. The number of anilines is 1. The molecule has 1 saturated heterocycles. The number of hydrogen-bond acceptors (Lipinski definition) is 4. The molecule has 1 heterocycles. The van der Waals surface area contributed by atoms with Gasteiger partial charge in [0.25, 0.3) is 0 Å². The van der Waals surface area contributed by atoms with Crippen molar-refractivity contribution in [3.63, 3.8) is 0 Å². The van der Waals surface area contributed by atoms with E-state index in [9.17, 15) is 26.7 Å². The van der Waals surface area contributed by atoms with Gasteiger partial charge in [-0.3, -0.25) is 4.31 Å². The summed E-state index contributed by atoms with van der Waals surface area (Å²) in [4.78, 5) is 0. The summed E-state index contributed by atoms with van der Waals surface area (Å²) in [6, 6.07) is 4.48. The molecule has 4 rings (SSSR count). The largest absolute Gasteiger partial charge is 0.417 e. The maximum Gasteiger partial charge on any atom is 0.417 e. The van der Waals surface area contributed by atoms with Gasteiger partial charge in [-0.1, -0.05) is 0 Å². The average Bonchev–Trinajstić information content (AvgIpc) is 3.13. The zero-order chi connectivity index (χ0) is 19.1. The Balaban J connectivity index is 1.81. The van der Waals surface area contributed by atoms with Crippen LogP contribution in [-0.4, -0.2) is 30.9 Å². The molecule has 2 aliphatic carbocycles. The van der Waals surface area contributed by atoms with Gasteiger partial charge in [-0.2, -0.15) is 18.4 Å². The highest BCUT2D eigenvalue weighted by atomic mass is 32.2. The molecule has 0 amide bonds. The Hall–Kier alpha value is -1.79. The molecule has 1 N–H and O–H groups in total. The predicted octanol–water partition coefficient (Wildman–Crippen LogP) is 2.50. The minimum atomic E-state index is -4.75. The standard InChI is InChI=1S/C17H17F3N2O3S/c1-16-13-4-10(5-15(13)23)14(16)8-22(26(16,24)25)11-3-2-9(7-21)12(6-11)17(18,19)20/h2-3,6,10,13-15,23H,4-5,8H2,1H3/t10-,13+,14+,15-,16-/m1/s1. The number of alkyl halides is 3. The summed E-state index contributed by atoms with van der Waals surface area (Å²) in [5, 5.41) is 19.1. The van der Waals surface area contributed by atoms with E-state index in [2.05, 4.69) is 0 Å². The van der Waals surface area contributed by atoms with Gasteiger partial charge >= 0.3 is 6.18 Å². The maximum absolute atomic E-state index is 13.2. The second-order valence-electron chi connectivity index (χ2n) is 7.57. The van der Waals surface area contributed by atoms with Gasteiger partial charge in [0.15, 0.2) is 0 Å². The number of hydrogen-bond donors (Lipinski definition) is 1. The molecule has 5 atom stereocenters. The van der Waals surface area contributed by atoms with E-state index in [-0.39, 0.29) is 24.1 Å². The minimum absolute atomic E-state index is 0.0558. The van der Waals surface area contributed by atoms with Crippen LogP contribution >= 0.6 is 0 Å². The van der Waals surface area contributed by atoms with Crippen molar-refractivity contribution in [3.05, 3.63) is 29.3 Å². The van der Waals surface area contributed by atoms with Crippen molar-refractivity contribution in [2.75, 3.05) is 10.8 Å². The fourth-order valence-corrected chi connectivity index (χ4v) is 7.74. The van der Waals surface area contributed by atoms with Crippen molar-refractivity contribution in [1.29, 1.82) is 5.26 Å². The van der Waals surface area contributed by atoms with E-state index in [1.807, 2.05) is 0 Å². The van der Waals surface area contributed by atoms with Crippen LogP contribution in [0.5, 0.6) is 0 Å². The van der Waals surface area contributed by atoms with Crippen LogP contribution in [0.1, 0.15) is 30.9 Å². The van der Waals surface area contributed by atoms with Crippen molar-refractivity contribution in [3.8, 4) is 6.07 Å². The van der Waals surface area contributed by atoms with Crippen LogP contribution in [0.2, 0.25) is 0 Å². The van der Waals surface area contributed by atoms with Gasteiger partial charge in [0.1, 0.15) is 0 Å². The molecule has 0 unspecified atom stereocenters. The highest BCUT2D eigenvalue weighted by molar-refractivity contribution is 7.94. The topological polar surface area (TPSA) is 81.4 Å². The summed E-state index contributed by atoms with van der Waals surface area (Å²) in [5.74, 6) is -0.556. The number of aliphatic hydroxyl groups excluding tert-OH is 1. The summed E-state index contributed by atoms with van der Waals surface area (Å²) < 4.78 is 66.0. The van der Waals surface area contributed by atoms with Gasteiger partial charge in [-0.05, 0) is 43.9 Å². The zero-order valence-electron chi connectivity index (χ0n) is 13.9. The molecule has 2 saturated carbocycles. The summed E-state index contributed by atoms with van der Waals surface area (Å²) >= 11 is 0. The van der Waals surface area contributed by atoms with Gasteiger partial charge in [0.05, 0.1) is 33.7 Å². The Labute approximate surface area is 149 Å². The monoisotopic (exact) mass is 386 g/mol. The number of halogens is 3. The van der Waals surface area contributed by atoms with Crippen LogP contribution in [0.25, 0.3) is 0 Å². The van der Waals surface area contributed by atoms with Gasteiger partial charge in [-0.25, -0.2) is 8.42 Å². The SMILES string of the molecule is C[C@@]12[C@@H](CN(c3ccc(C#N)c(C(F)(F)F)c3)S1(=O)=O)[C@H]1C[C@@H](O)[C@@H]2C1. The lowest BCUT2D eigenvalue weighted by atomic mass is 9.78. The first-order valence-corrected chi connectivity index (χ1v) is 9.77. The molecule has 3 aliphatic rings. The van der Waals surface area contributed by atoms with E-state index in [4.69, 9.17) is 5.26 Å². The fraction of sp³-hybridized carbons (Fsp3) is 0.588. The number of nitriles is 1. The third kappa shape index (κ3) is 2.03. The second-order valence-corrected chi connectivity index (χ2v) is 9.84. The maximum atomic E-state index is 13.2. The number of fused-ring (bicyclic) bond motifs is 5. The first kappa shape index (κ1) is 17.6. The first-order valence-electron chi connectivity index (χ1n) is 8.33. The highest BCUT2D eigenvalue weighted by Gasteiger charge is 2.70. The molecule has 2 bridgehead atoms. The van der Waals surface area contributed by atoms with Crippen LogP contribution in [0.15, 0.2) is 18.2 Å². The van der Waals surface area contributed by atoms with Crippen LogP contribution in [-0.2, 0) is 16.2 Å². The normalized spacial score (nSPS) is 37.6. The number of rotatable bonds is 1. The molecule has 0 spiro atoms. The van der Waals surface area contributed by atoms with E-state index in [1.165, 1.54) is 12.1 Å². The van der Waals surface area contributed by atoms with Crippen LogP contribution in [0.4, 0.5) is 18.9 Å². The number of benzene rings is 1. The Morgan fingerprint density at radius 2 is 2.00 bits per heavy atom. The Bertz CT molecular complexity index is 924. The molecule has 0 radical (unpaired) electrons. The number of nitrogens with zero attached hydrogens (tertiary/aromatic N) is 2. The quantitative estimate of drug-likeness (QED) is 0.804. The minimum Gasteiger partial charge on any atom is -0.393 e. The molecule has 1 aromatic rings. The van der Waals surface area contributed by atoms with Crippen molar-refractivity contribution in [2.45, 2.75) is 36.8 Å². The van der Waals surface area contributed by atoms with E-state index < -0.39 is 44.1 Å². The van der Waals surface area contributed by atoms with Crippen molar-refractivity contribution in [2.24, 2.45) is 17.8 Å². The summed E-state index contributed by atoms with van der Waals surface area (Å²) in [5.41, 5.74) is -1.77. The zero-order valence-corrected chi connectivity index (χ0v) is 14.7. The van der Waals surface area contributed by atoms with E-state index in [0.717, 1.165) is 16.4 Å². The molecular formula is C17H17F3N2O3S. The molecule has 3 fully saturated rings. The van der Waals surface area contributed by atoms with E-state index in [1.54, 1.807) is 6.92 Å². The molecular weight excluding hydrogens is 369 g/mol. The van der Waals surface area contributed by atoms with E-state index in [0.29, 0.717) is 12.8 Å². The third-order valence-electron chi connectivity index (χ3n) is 6.53. The average molecular weight is 386 g/mol. The summed E-state index contributed by atoms with van der Waals surface area (Å²) in [7, 11) is -3.94. The summed E-state index contributed by atoms with van der Waals surface area (Å²) in [6.45, 7) is 1.71. The highest BCUT2D eigenvalue weighted by Crippen LogP contribution is 2.62. The van der Waals surface area contributed by atoms with Gasteiger partial charge in [-0.15, -0.1) is 0 Å². The van der Waals surface area contributed by atoms with Crippen molar-refractivity contribution in [1.82, 2.24) is 0 Å². The van der Waals surface area contributed by atoms with Crippen LogP contribution < -0.4 is 4.31 Å². The molecule has 26 heavy (non-hydrogen) atoms. The van der Waals surface area contributed by atoms with E-state index >= 15 is 0 Å². The predicted molar refractivity (Wildman–Crippen MR) is 86.5 cm³/mol. The fourth-order valence-electron chi connectivity index (χ4n) is 5.23. The smallest absolute Gasteiger partial charge is 0.393 e. The number of aliphatic hydroxyl groups is 1. The van der Waals surface area contributed by atoms with Crippen LogP contribution in [0, 0.1) is 29.1 Å². The Morgan fingerprint density at radius 3 is 2.62 bits per heavy atom. The Kier molecular flexibility index (Phi) is 3.48.